The molecular formula is C14H13N5OS3. The van der Waals surface area contributed by atoms with Crippen molar-refractivity contribution in [3.8, 4) is 0 Å². The van der Waals surface area contributed by atoms with Crippen LogP contribution in [-0.2, 0) is 11.2 Å². The lowest BCUT2D eigenvalue weighted by Gasteiger charge is -2.11. The lowest BCUT2D eigenvalue weighted by atomic mass is 10.3. The third-order valence-corrected chi connectivity index (χ3v) is 4.16. The number of hydrogen-bond donors (Lipinski definition) is 4. The third-order valence-electron chi connectivity index (χ3n) is 2.90. The van der Waals surface area contributed by atoms with Crippen molar-refractivity contribution in [1.29, 1.82) is 0 Å². The van der Waals surface area contributed by atoms with Gasteiger partial charge in [0.05, 0.1) is 12.1 Å². The Morgan fingerprint density at radius 2 is 2.26 bits per heavy atom. The molecule has 3 N–H and O–H groups in total. The van der Waals surface area contributed by atoms with Crippen molar-refractivity contribution in [3.63, 3.8) is 0 Å². The summed E-state index contributed by atoms with van der Waals surface area (Å²) in [5.74, 6) is -0.220. The van der Waals surface area contributed by atoms with Crippen molar-refractivity contribution >= 4 is 57.9 Å². The highest BCUT2D eigenvalue weighted by Crippen LogP contribution is 2.13. The number of thiocarbonyl (C=S) groups is 1. The molecule has 118 valence electrons. The molecule has 0 bridgehead atoms. The van der Waals surface area contributed by atoms with E-state index in [0.29, 0.717) is 10.8 Å². The Labute approximate surface area is 147 Å². The van der Waals surface area contributed by atoms with Gasteiger partial charge in [-0.3, -0.25) is 20.0 Å². The minimum Gasteiger partial charge on any atom is -0.331 e. The number of thiol groups is 1. The van der Waals surface area contributed by atoms with Gasteiger partial charge in [-0.1, -0.05) is 6.07 Å². The van der Waals surface area contributed by atoms with Crippen LogP contribution in [0.15, 0.2) is 46.9 Å². The molecule has 1 amide bonds. The van der Waals surface area contributed by atoms with E-state index in [0.717, 1.165) is 15.5 Å². The highest BCUT2D eigenvalue weighted by Gasteiger charge is 2.08. The number of nitrogens with zero attached hydrogens (tertiary/aromatic N) is 2. The Bertz CT molecular complexity index is 828. The zero-order valence-electron chi connectivity index (χ0n) is 11.8. The molecule has 1 aromatic carbocycles. The van der Waals surface area contributed by atoms with Crippen LogP contribution in [0.1, 0.15) is 5.69 Å². The van der Waals surface area contributed by atoms with Crippen LogP contribution in [-0.4, -0.2) is 20.4 Å². The van der Waals surface area contributed by atoms with Gasteiger partial charge in [-0.2, -0.15) is 0 Å². The highest BCUT2D eigenvalue weighted by atomic mass is 32.1. The number of hydrazine groups is 1. The van der Waals surface area contributed by atoms with E-state index in [-0.39, 0.29) is 12.3 Å². The second kappa shape index (κ2) is 6.99. The van der Waals surface area contributed by atoms with E-state index in [9.17, 15) is 4.79 Å². The van der Waals surface area contributed by atoms with Gasteiger partial charge in [0.15, 0.2) is 10.1 Å². The topological polar surface area (TPSA) is 70.5 Å². The maximum absolute atomic E-state index is 11.9. The first kappa shape index (κ1) is 15.8. The molecule has 0 fully saturated rings. The Balaban J connectivity index is 1.48. The van der Waals surface area contributed by atoms with Crippen LogP contribution in [0.25, 0.3) is 4.96 Å². The molecule has 3 rings (SSSR count). The fourth-order valence-electron chi connectivity index (χ4n) is 1.94. The van der Waals surface area contributed by atoms with Crippen LogP contribution in [0.2, 0.25) is 0 Å². The molecular weight excluding hydrogens is 350 g/mol. The van der Waals surface area contributed by atoms with Gasteiger partial charge in [0.2, 0.25) is 5.91 Å². The molecule has 0 saturated heterocycles. The molecule has 6 nitrogen and oxygen atoms in total. The van der Waals surface area contributed by atoms with Crippen LogP contribution in [0.5, 0.6) is 0 Å². The van der Waals surface area contributed by atoms with E-state index < -0.39 is 0 Å². The first-order valence-electron chi connectivity index (χ1n) is 6.66. The zero-order chi connectivity index (χ0) is 16.2. The van der Waals surface area contributed by atoms with Crippen LogP contribution >= 0.6 is 36.2 Å². The van der Waals surface area contributed by atoms with Crippen LogP contribution in [0, 0.1) is 0 Å². The summed E-state index contributed by atoms with van der Waals surface area (Å²) >= 11 is 10.9. The van der Waals surface area contributed by atoms with Crippen molar-refractivity contribution in [2.24, 2.45) is 0 Å². The Kier molecular flexibility index (Phi) is 4.79. The van der Waals surface area contributed by atoms with Gasteiger partial charge in [0.1, 0.15) is 0 Å². The quantitative estimate of drug-likeness (QED) is 0.326. The number of nitrogens with one attached hydrogen (secondary N) is 3. The predicted molar refractivity (Wildman–Crippen MR) is 98.0 cm³/mol. The highest BCUT2D eigenvalue weighted by molar-refractivity contribution is 7.80. The van der Waals surface area contributed by atoms with E-state index in [4.69, 9.17) is 12.2 Å². The maximum Gasteiger partial charge on any atom is 0.244 e. The standard InChI is InChI=1S/C14H13N5OS3/c20-12(7-10-8-19-4-5-23-14(19)16-10)17-18-13(22)15-9-2-1-3-11(21)6-9/h1-6,8,21H,7H2,(H,17,20)(H2,15,18,22). The normalized spacial score (nSPS) is 10.5. The second-order valence-electron chi connectivity index (χ2n) is 4.68. The summed E-state index contributed by atoms with van der Waals surface area (Å²) in [6.07, 6.45) is 3.91. The first-order valence-corrected chi connectivity index (χ1v) is 8.39. The monoisotopic (exact) mass is 363 g/mol. The molecule has 0 radical (unpaired) electrons. The number of thiazole rings is 1. The first-order chi connectivity index (χ1) is 11.1. The minimum atomic E-state index is -0.220. The number of imidazole rings is 1. The average Bonchev–Trinajstić information content (AvgIpc) is 3.06. The third kappa shape index (κ3) is 4.21. The number of rotatable bonds is 3. The second-order valence-corrected chi connectivity index (χ2v) is 6.48. The van der Waals surface area contributed by atoms with Gasteiger partial charge in [-0.05, 0) is 30.4 Å². The van der Waals surface area contributed by atoms with Gasteiger partial charge < -0.3 is 5.32 Å². The summed E-state index contributed by atoms with van der Waals surface area (Å²) in [5, 5.41) is 5.19. The van der Waals surface area contributed by atoms with Gasteiger partial charge in [0.25, 0.3) is 0 Å². The Morgan fingerprint density at radius 1 is 1.39 bits per heavy atom. The summed E-state index contributed by atoms with van der Waals surface area (Å²) in [5.41, 5.74) is 6.70. The van der Waals surface area contributed by atoms with Crippen molar-refractivity contribution in [1.82, 2.24) is 20.2 Å². The lowest BCUT2D eigenvalue weighted by Crippen LogP contribution is -2.44. The minimum absolute atomic E-state index is 0.177. The van der Waals surface area contributed by atoms with E-state index in [1.165, 1.54) is 11.3 Å². The largest absolute Gasteiger partial charge is 0.331 e. The van der Waals surface area contributed by atoms with Crippen molar-refractivity contribution < 1.29 is 4.79 Å². The number of carbonyl (C=O) groups is 1. The van der Waals surface area contributed by atoms with Gasteiger partial charge in [-0.15, -0.1) is 24.0 Å². The SMILES string of the molecule is O=C(Cc1cn2ccsc2n1)NNC(=S)Nc1cccc(S)c1. The maximum atomic E-state index is 11.9. The summed E-state index contributed by atoms with van der Waals surface area (Å²) in [6.45, 7) is 0. The number of benzene rings is 1. The summed E-state index contributed by atoms with van der Waals surface area (Å²) in [4.78, 5) is 17.9. The molecule has 0 aliphatic rings. The number of anilines is 1. The molecule has 3 aromatic rings. The average molecular weight is 363 g/mol. The number of carbonyl (C=O) groups excluding carboxylic acids is 1. The molecule has 0 spiro atoms. The van der Waals surface area contributed by atoms with Gasteiger partial charge in [-0.25, -0.2) is 4.98 Å². The van der Waals surface area contributed by atoms with Crippen molar-refractivity contribution in [2.75, 3.05) is 5.32 Å². The van der Waals surface area contributed by atoms with Gasteiger partial charge >= 0.3 is 0 Å². The molecule has 0 unspecified atom stereocenters. The molecule has 23 heavy (non-hydrogen) atoms. The molecule has 9 heteroatoms. The van der Waals surface area contributed by atoms with E-state index in [1.807, 2.05) is 46.4 Å². The van der Waals surface area contributed by atoms with E-state index in [1.54, 1.807) is 0 Å². The van der Waals surface area contributed by atoms with E-state index >= 15 is 0 Å². The fourth-order valence-corrected chi connectivity index (χ4v) is 3.06. The smallest absolute Gasteiger partial charge is 0.244 e. The number of amides is 1. The lowest BCUT2D eigenvalue weighted by molar-refractivity contribution is -0.121. The van der Waals surface area contributed by atoms with E-state index in [2.05, 4.69) is 33.8 Å². The molecule has 2 aromatic heterocycles. The van der Waals surface area contributed by atoms with Crippen LogP contribution in [0.3, 0.4) is 0 Å². The molecule has 0 aliphatic heterocycles. The Morgan fingerprint density at radius 3 is 3.04 bits per heavy atom. The number of fused-ring (bicyclic) bond motifs is 1. The summed E-state index contributed by atoms with van der Waals surface area (Å²) < 4.78 is 1.89. The van der Waals surface area contributed by atoms with Gasteiger partial charge in [0, 0.05) is 28.4 Å². The fraction of sp³-hybridized carbons (Fsp3) is 0.0714. The summed E-state index contributed by atoms with van der Waals surface area (Å²) in [7, 11) is 0. The molecule has 2 heterocycles. The molecule has 0 aliphatic carbocycles. The predicted octanol–water partition coefficient (Wildman–Crippen LogP) is 2.24. The number of hydrogen-bond acceptors (Lipinski definition) is 5. The zero-order valence-corrected chi connectivity index (χ0v) is 14.3. The van der Waals surface area contributed by atoms with Crippen molar-refractivity contribution in [3.05, 3.63) is 47.7 Å². The molecule has 0 atom stereocenters. The Hall–Kier alpha value is -2.10. The summed E-state index contributed by atoms with van der Waals surface area (Å²) in [6, 6.07) is 7.41. The molecule has 0 saturated carbocycles. The van der Waals surface area contributed by atoms with Crippen LogP contribution < -0.4 is 16.2 Å². The van der Waals surface area contributed by atoms with Crippen LogP contribution in [0.4, 0.5) is 5.69 Å². The van der Waals surface area contributed by atoms with Crippen molar-refractivity contribution in [2.45, 2.75) is 11.3 Å². The number of aromatic nitrogens is 2.